The average molecular weight is 269 g/mol. The number of esters is 1. The molecule has 0 aliphatic heterocycles. The van der Waals surface area contributed by atoms with Crippen LogP contribution in [0.25, 0.3) is 0 Å². The maximum absolute atomic E-state index is 13.5. The van der Waals surface area contributed by atoms with Crippen molar-refractivity contribution in [1.82, 2.24) is 0 Å². The van der Waals surface area contributed by atoms with Gasteiger partial charge in [0.1, 0.15) is 5.75 Å². The highest BCUT2D eigenvalue weighted by atomic mass is 19.3. The fourth-order valence-electron chi connectivity index (χ4n) is 1.56. The molecule has 0 unspecified atom stereocenters. The Kier molecular flexibility index (Phi) is 4.43. The lowest BCUT2D eigenvalue weighted by Gasteiger charge is -2.19. The van der Waals surface area contributed by atoms with Gasteiger partial charge in [-0.2, -0.15) is 14.0 Å². The van der Waals surface area contributed by atoms with Crippen LogP contribution in [0.1, 0.15) is 23.6 Å². The zero-order valence-electron chi connectivity index (χ0n) is 10.8. The zero-order valence-corrected chi connectivity index (χ0v) is 10.8. The molecule has 0 bridgehead atoms. The van der Waals surface area contributed by atoms with Crippen molar-refractivity contribution in [1.29, 1.82) is 5.26 Å². The number of hydrogen-bond donors (Lipinski definition) is 0. The maximum Gasteiger partial charge on any atom is 0.502 e. The highest BCUT2D eigenvalue weighted by Crippen LogP contribution is 2.30. The molecule has 0 fully saturated rings. The monoisotopic (exact) mass is 269 g/mol. The molecular weight excluding hydrogens is 256 g/mol. The SMILES string of the molecule is CCOC(=O)C(F)(F)Oc1c(C)cc(C#N)cc1C. The molecule has 0 aliphatic carbocycles. The van der Waals surface area contributed by atoms with Crippen LogP contribution in [0.15, 0.2) is 12.1 Å². The van der Waals surface area contributed by atoms with E-state index in [4.69, 9.17) is 5.26 Å². The third-order valence-electron chi connectivity index (χ3n) is 2.33. The number of alkyl halides is 2. The van der Waals surface area contributed by atoms with Gasteiger partial charge in [0.2, 0.25) is 0 Å². The van der Waals surface area contributed by atoms with Crippen molar-refractivity contribution in [2.24, 2.45) is 0 Å². The summed E-state index contributed by atoms with van der Waals surface area (Å²) in [7, 11) is 0. The second kappa shape index (κ2) is 5.65. The Hall–Kier alpha value is -2.16. The summed E-state index contributed by atoms with van der Waals surface area (Å²) in [6.45, 7) is 4.30. The summed E-state index contributed by atoms with van der Waals surface area (Å²) in [4.78, 5) is 11.1. The average Bonchev–Trinajstić information content (AvgIpc) is 2.33. The summed E-state index contributed by atoms with van der Waals surface area (Å²) < 4.78 is 35.6. The first kappa shape index (κ1) is 14.9. The number of rotatable bonds is 4. The van der Waals surface area contributed by atoms with Gasteiger partial charge in [-0.15, -0.1) is 0 Å². The first-order chi connectivity index (χ1) is 8.81. The van der Waals surface area contributed by atoms with E-state index in [0.29, 0.717) is 16.7 Å². The van der Waals surface area contributed by atoms with Gasteiger partial charge in [-0.25, -0.2) is 4.79 Å². The molecule has 0 N–H and O–H groups in total. The molecule has 4 nitrogen and oxygen atoms in total. The lowest BCUT2D eigenvalue weighted by molar-refractivity contribution is -0.216. The number of benzene rings is 1. The molecule has 0 saturated carbocycles. The highest BCUT2D eigenvalue weighted by Gasteiger charge is 2.44. The van der Waals surface area contributed by atoms with E-state index in [0.717, 1.165) is 0 Å². The fraction of sp³-hybridized carbons (Fsp3) is 0.385. The quantitative estimate of drug-likeness (QED) is 0.788. The summed E-state index contributed by atoms with van der Waals surface area (Å²) in [6, 6.07) is 4.72. The van der Waals surface area contributed by atoms with Gasteiger partial charge in [0.05, 0.1) is 18.2 Å². The summed E-state index contributed by atoms with van der Waals surface area (Å²) in [5.74, 6) is -1.87. The molecule has 0 amide bonds. The summed E-state index contributed by atoms with van der Waals surface area (Å²) in [5.41, 5.74) is 1.03. The second-order valence-electron chi connectivity index (χ2n) is 3.89. The van der Waals surface area contributed by atoms with Gasteiger partial charge < -0.3 is 9.47 Å². The second-order valence-corrected chi connectivity index (χ2v) is 3.89. The summed E-state index contributed by atoms with van der Waals surface area (Å²) in [5, 5.41) is 8.76. The van der Waals surface area contributed by atoms with Crippen molar-refractivity contribution in [3.63, 3.8) is 0 Å². The molecule has 102 valence electrons. The molecule has 0 saturated heterocycles. The van der Waals surface area contributed by atoms with Crippen LogP contribution in [-0.2, 0) is 9.53 Å². The van der Waals surface area contributed by atoms with Crippen LogP contribution < -0.4 is 4.74 Å². The number of ether oxygens (including phenoxy) is 2. The van der Waals surface area contributed by atoms with Crippen LogP contribution in [-0.4, -0.2) is 18.7 Å². The molecular formula is C13H13F2NO3. The van der Waals surface area contributed by atoms with Gasteiger partial charge in [-0.05, 0) is 44.0 Å². The molecule has 1 aromatic carbocycles. The molecule has 6 heteroatoms. The van der Waals surface area contributed by atoms with Crippen molar-refractivity contribution >= 4 is 5.97 Å². The van der Waals surface area contributed by atoms with Crippen LogP contribution in [0.5, 0.6) is 5.75 Å². The van der Waals surface area contributed by atoms with E-state index in [-0.39, 0.29) is 12.4 Å². The Labute approximate surface area is 109 Å². The Bertz CT molecular complexity index is 512. The minimum Gasteiger partial charge on any atom is -0.459 e. The van der Waals surface area contributed by atoms with E-state index in [9.17, 15) is 13.6 Å². The Morgan fingerprint density at radius 2 is 1.89 bits per heavy atom. The van der Waals surface area contributed by atoms with Gasteiger partial charge in [0.15, 0.2) is 0 Å². The van der Waals surface area contributed by atoms with Crippen molar-refractivity contribution in [2.75, 3.05) is 6.61 Å². The number of carbonyl (C=O) groups is 1. The summed E-state index contributed by atoms with van der Waals surface area (Å²) >= 11 is 0. The van der Waals surface area contributed by atoms with Crippen molar-refractivity contribution < 1.29 is 23.0 Å². The molecule has 1 rings (SSSR count). The largest absolute Gasteiger partial charge is 0.502 e. The van der Waals surface area contributed by atoms with Crippen molar-refractivity contribution in [3.05, 3.63) is 28.8 Å². The molecule has 0 radical (unpaired) electrons. The van der Waals surface area contributed by atoms with Gasteiger partial charge in [-0.1, -0.05) is 0 Å². The minimum absolute atomic E-state index is 0.128. The number of aryl methyl sites for hydroxylation is 2. The third-order valence-corrected chi connectivity index (χ3v) is 2.33. The molecule has 0 atom stereocenters. The van der Waals surface area contributed by atoms with Crippen LogP contribution in [0, 0.1) is 25.2 Å². The predicted octanol–water partition coefficient (Wildman–Crippen LogP) is 2.71. The lowest BCUT2D eigenvalue weighted by atomic mass is 10.1. The number of nitriles is 1. The molecule has 19 heavy (non-hydrogen) atoms. The van der Waals surface area contributed by atoms with Gasteiger partial charge in [-0.3, -0.25) is 0 Å². The Morgan fingerprint density at radius 1 is 1.37 bits per heavy atom. The van der Waals surface area contributed by atoms with E-state index in [1.165, 1.54) is 32.9 Å². The standard InChI is InChI=1S/C13H13F2NO3/c1-4-18-12(17)13(14,15)19-11-8(2)5-10(7-16)6-9(11)3/h5-6H,4H2,1-3H3. The first-order valence-corrected chi connectivity index (χ1v) is 5.57. The normalized spacial score (nSPS) is 10.7. The van der Waals surface area contributed by atoms with Gasteiger partial charge >= 0.3 is 12.1 Å². The first-order valence-electron chi connectivity index (χ1n) is 5.57. The lowest BCUT2D eigenvalue weighted by Crippen LogP contribution is -2.37. The van der Waals surface area contributed by atoms with E-state index in [2.05, 4.69) is 9.47 Å². The molecule has 0 aromatic heterocycles. The summed E-state index contributed by atoms with van der Waals surface area (Å²) in [6.07, 6.45) is -4.06. The van der Waals surface area contributed by atoms with Crippen molar-refractivity contribution in [3.8, 4) is 11.8 Å². The number of carbonyl (C=O) groups excluding carboxylic acids is 1. The maximum atomic E-state index is 13.5. The molecule has 0 aliphatic rings. The predicted molar refractivity (Wildman–Crippen MR) is 62.8 cm³/mol. The highest BCUT2D eigenvalue weighted by molar-refractivity contribution is 5.76. The van der Waals surface area contributed by atoms with Crippen LogP contribution in [0.2, 0.25) is 0 Å². The van der Waals surface area contributed by atoms with E-state index < -0.39 is 12.1 Å². The number of halogens is 2. The molecule has 0 heterocycles. The zero-order chi connectivity index (χ0) is 14.6. The molecule has 1 aromatic rings. The Balaban J connectivity index is 3.06. The Morgan fingerprint density at radius 3 is 2.32 bits per heavy atom. The van der Waals surface area contributed by atoms with E-state index >= 15 is 0 Å². The minimum atomic E-state index is -4.06. The van der Waals surface area contributed by atoms with Gasteiger partial charge in [0, 0.05) is 0 Å². The topological polar surface area (TPSA) is 59.3 Å². The smallest absolute Gasteiger partial charge is 0.459 e. The van der Waals surface area contributed by atoms with Crippen LogP contribution in [0.4, 0.5) is 8.78 Å². The van der Waals surface area contributed by atoms with E-state index in [1.54, 1.807) is 0 Å². The van der Waals surface area contributed by atoms with Crippen LogP contribution in [0.3, 0.4) is 0 Å². The van der Waals surface area contributed by atoms with Gasteiger partial charge in [0.25, 0.3) is 0 Å². The van der Waals surface area contributed by atoms with Crippen molar-refractivity contribution in [2.45, 2.75) is 26.9 Å². The van der Waals surface area contributed by atoms with E-state index in [1.807, 2.05) is 6.07 Å². The van der Waals surface area contributed by atoms with Crippen LogP contribution >= 0.6 is 0 Å². The number of hydrogen-bond acceptors (Lipinski definition) is 4. The fourth-order valence-corrected chi connectivity index (χ4v) is 1.56. The number of nitrogens with zero attached hydrogens (tertiary/aromatic N) is 1. The third kappa shape index (κ3) is 3.41. The molecule has 0 spiro atoms.